The molecule has 1 rings (SSSR count). The van der Waals surface area contributed by atoms with Crippen LogP contribution in [-0.4, -0.2) is 4.92 Å². The lowest BCUT2D eigenvalue weighted by molar-refractivity contribution is -0.384. The fourth-order valence-electron chi connectivity index (χ4n) is 0.934. The Kier molecular flexibility index (Phi) is 3.46. The van der Waals surface area contributed by atoms with Gasteiger partial charge in [-0.25, -0.2) is 0 Å². The van der Waals surface area contributed by atoms with Gasteiger partial charge in [0.1, 0.15) is 0 Å². The minimum atomic E-state index is -0.416. The number of non-ortho nitro benzene ring substituents is 1. The number of nitro groups is 1. The Morgan fingerprint density at radius 1 is 1.38 bits per heavy atom. The number of benzene rings is 1. The summed E-state index contributed by atoms with van der Waals surface area (Å²) in [5.74, 6) is 0. The Balaban J connectivity index is 2.75. The molecule has 0 aliphatic heterocycles. The molecule has 0 amide bonds. The summed E-state index contributed by atoms with van der Waals surface area (Å²) in [6.45, 7) is 0. The van der Waals surface area contributed by atoms with E-state index in [4.69, 9.17) is 11.6 Å². The van der Waals surface area contributed by atoms with Gasteiger partial charge in [0.05, 0.1) is 4.92 Å². The molecule has 4 heteroatoms. The summed E-state index contributed by atoms with van der Waals surface area (Å²) in [6.07, 6.45) is 2.48. The normalized spacial score (nSPS) is 10.5. The van der Waals surface area contributed by atoms with Crippen LogP contribution in [0.2, 0.25) is 0 Å². The Bertz CT molecular complexity index is 319. The number of hydrogen-bond donors (Lipinski definition) is 0. The van der Waals surface area contributed by atoms with Crippen molar-refractivity contribution in [2.45, 2.75) is 6.42 Å². The monoisotopic (exact) mass is 197 g/mol. The third kappa shape index (κ3) is 2.87. The first kappa shape index (κ1) is 9.74. The van der Waals surface area contributed by atoms with Crippen molar-refractivity contribution in [3.63, 3.8) is 0 Å². The Morgan fingerprint density at radius 3 is 2.46 bits per heavy atom. The molecule has 68 valence electrons. The van der Waals surface area contributed by atoms with Gasteiger partial charge in [0, 0.05) is 17.7 Å². The van der Waals surface area contributed by atoms with Crippen LogP contribution >= 0.6 is 11.6 Å². The van der Waals surface area contributed by atoms with Gasteiger partial charge in [-0.3, -0.25) is 10.1 Å². The molecule has 1 aromatic rings. The van der Waals surface area contributed by atoms with E-state index in [1.807, 2.05) is 0 Å². The second kappa shape index (κ2) is 4.62. The molecule has 0 saturated heterocycles. The lowest BCUT2D eigenvalue weighted by Gasteiger charge is -1.94. The van der Waals surface area contributed by atoms with E-state index < -0.39 is 4.92 Å². The molecule has 0 aliphatic rings. The van der Waals surface area contributed by atoms with E-state index in [1.54, 1.807) is 18.2 Å². The topological polar surface area (TPSA) is 43.1 Å². The van der Waals surface area contributed by atoms with Crippen LogP contribution in [0.1, 0.15) is 5.56 Å². The lowest BCUT2D eigenvalue weighted by Crippen LogP contribution is -1.88. The molecule has 0 spiro atoms. The largest absolute Gasteiger partial charge is 0.269 e. The van der Waals surface area contributed by atoms with Gasteiger partial charge in [-0.2, -0.15) is 0 Å². The lowest BCUT2D eigenvalue weighted by atomic mass is 10.1. The van der Waals surface area contributed by atoms with Gasteiger partial charge in [0.15, 0.2) is 0 Å². The van der Waals surface area contributed by atoms with E-state index in [2.05, 4.69) is 0 Å². The molecule has 0 heterocycles. The molecule has 3 nitrogen and oxygen atoms in total. The van der Waals surface area contributed by atoms with Crippen molar-refractivity contribution in [2.75, 3.05) is 0 Å². The highest BCUT2D eigenvalue weighted by Gasteiger charge is 2.02. The van der Waals surface area contributed by atoms with Crippen LogP contribution in [0.3, 0.4) is 0 Å². The van der Waals surface area contributed by atoms with E-state index in [0.717, 1.165) is 5.56 Å². The van der Waals surface area contributed by atoms with Crippen LogP contribution < -0.4 is 0 Å². The van der Waals surface area contributed by atoms with Crippen LogP contribution in [-0.2, 0) is 6.42 Å². The summed E-state index contributed by atoms with van der Waals surface area (Å²) in [5, 5.41) is 10.3. The molecule has 0 aliphatic carbocycles. The third-order valence-corrected chi connectivity index (χ3v) is 1.77. The second-order valence-electron chi connectivity index (χ2n) is 2.49. The number of rotatable bonds is 3. The molecule has 0 saturated carbocycles. The molecule has 0 bridgehead atoms. The zero-order valence-corrected chi connectivity index (χ0v) is 7.57. The molecule has 13 heavy (non-hydrogen) atoms. The van der Waals surface area contributed by atoms with Gasteiger partial charge in [-0.05, 0) is 12.0 Å². The maximum Gasteiger partial charge on any atom is 0.269 e. The van der Waals surface area contributed by atoms with Gasteiger partial charge >= 0.3 is 0 Å². The predicted octanol–water partition coefficient (Wildman–Crippen LogP) is 2.89. The summed E-state index contributed by atoms with van der Waals surface area (Å²) < 4.78 is 0. The van der Waals surface area contributed by atoms with Gasteiger partial charge in [-0.1, -0.05) is 29.8 Å². The highest BCUT2D eigenvalue weighted by Crippen LogP contribution is 2.12. The standard InChI is InChI=1S/C9H8ClNO2/c10-7-1-2-8-3-5-9(6-4-8)11(12)13/h1,3-7H,2H2. The molecular formula is C9H8ClNO2. The zero-order valence-electron chi connectivity index (χ0n) is 6.81. The quantitative estimate of drug-likeness (QED) is 0.552. The average molecular weight is 198 g/mol. The maximum absolute atomic E-state index is 10.3. The molecule has 0 fully saturated rings. The Hall–Kier alpha value is -1.35. The van der Waals surface area contributed by atoms with Crippen LogP contribution in [0.25, 0.3) is 0 Å². The first-order valence-electron chi connectivity index (χ1n) is 3.72. The van der Waals surface area contributed by atoms with Crippen LogP contribution in [0, 0.1) is 10.1 Å². The SMILES string of the molecule is O=[N+]([O-])c1ccc(CC=CCl)cc1. The van der Waals surface area contributed by atoms with Gasteiger partial charge in [0.2, 0.25) is 0 Å². The van der Waals surface area contributed by atoms with Gasteiger partial charge in [-0.15, -0.1) is 0 Å². The van der Waals surface area contributed by atoms with Crippen molar-refractivity contribution in [2.24, 2.45) is 0 Å². The van der Waals surface area contributed by atoms with Crippen molar-refractivity contribution in [1.82, 2.24) is 0 Å². The van der Waals surface area contributed by atoms with Gasteiger partial charge < -0.3 is 0 Å². The Morgan fingerprint density at radius 2 is 2.00 bits per heavy atom. The summed E-state index contributed by atoms with van der Waals surface area (Å²) >= 11 is 5.34. The summed E-state index contributed by atoms with van der Waals surface area (Å²) in [7, 11) is 0. The Labute approximate surface area is 80.8 Å². The van der Waals surface area contributed by atoms with Crippen molar-refractivity contribution < 1.29 is 4.92 Å². The van der Waals surface area contributed by atoms with Gasteiger partial charge in [0.25, 0.3) is 5.69 Å². The van der Waals surface area contributed by atoms with E-state index in [-0.39, 0.29) is 5.69 Å². The third-order valence-electron chi connectivity index (χ3n) is 1.59. The molecule has 0 N–H and O–H groups in total. The molecule has 0 aromatic heterocycles. The molecule has 0 atom stereocenters. The molecule has 0 unspecified atom stereocenters. The smallest absolute Gasteiger partial charge is 0.258 e. The molecule has 1 aromatic carbocycles. The first-order valence-corrected chi connectivity index (χ1v) is 4.16. The van der Waals surface area contributed by atoms with Crippen LogP contribution in [0.5, 0.6) is 0 Å². The van der Waals surface area contributed by atoms with E-state index in [9.17, 15) is 10.1 Å². The number of allylic oxidation sites excluding steroid dienone is 1. The first-order chi connectivity index (χ1) is 6.24. The number of nitro benzene ring substituents is 1. The highest BCUT2D eigenvalue weighted by atomic mass is 35.5. The second-order valence-corrected chi connectivity index (χ2v) is 2.74. The minimum absolute atomic E-state index is 0.110. The van der Waals surface area contributed by atoms with E-state index in [0.29, 0.717) is 6.42 Å². The highest BCUT2D eigenvalue weighted by molar-refractivity contribution is 6.25. The predicted molar refractivity (Wildman–Crippen MR) is 51.8 cm³/mol. The summed E-state index contributed by atoms with van der Waals surface area (Å²) in [6, 6.07) is 6.40. The van der Waals surface area contributed by atoms with E-state index >= 15 is 0 Å². The number of hydrogen-bond acceptors (Lipinski definition) is 2. The summed E-state index contributed by atoms with van der Waals surface area (Å²) in [4.78, 5) is 9.88. The van der Waals surface area contributed by atoms with E-state index in [1.165, 1.54) is 17.7 Å². The van der Waals surface area contributed by atoms with Crippen LogP contribution in [0.15, 0.2) is 35.9 Å². The van der Waals surface area contributed by atoms with Crippen molar-refractivity contribution in [3.05, 3.63) is 51.6 Å². The maximum atomic E-state index is 10.3. The fraction of sp³-hybridized carbons (Fsp3) is 0.111. The number of halogens is 1. The fourth-order valence-corrected chi connectivity index (χ4v) is 1.02. The zero-order chi connectivity index (χ0) is 9.68. The van der Waals surface area contributed by atoms with Crippen LogP contribution in [0.4, 0.5) is 5.69 Å². The van der Waals surface area contributed by atoms with Crippen molar-refractivity contribution >= 4 is 17.3 Å². The minimum Gasteiger partial charge on any atom is -0.258 e. The van der Waals surface area contributed by atoms with Crippen molar-refractivity contribution in [1.29, 1.82) is 0 Å². The molecular weight excluding hydrogens is 190 g/mol. The molecule has 0 radical (unpaired) electrons. The number of nitrogens with zero attached hydrogens (tertiary/aromatic N) is 1. The van der Waals surface area contributed by atoms with Crippen molar-refractivity contribution in [3.8, 4) is 0 Å². The summed E-state index contributed by atoms with van der Waals surface area (Å²) in [5.41, 5.74) is 2.54. The average Bonchev–Trinajstić information content (AvgIpc) is 2.15.